The number of hydrogen-bond donors (Lipinski definition) is 1. The van der Waals surface area contributed by atoms with E-state index < -0.39 is 0 Å². The Labute approximate surface area is 38.2 Å². The highest BCUT2D eigenvalue weighted by atomic mass is 14.5. The van der Waals surface area contributed by atoms with Crippen molar-refractivity contribution >= 4 is 0 Å². The van der Waals surface area contributed by atoms with Crippen molar-refractivity contribution in [1.82, 2.24) is 0 Å². The van der Waals surface area contributed by atoms with Crippen LogP contribution in [-0.4, -0.2) is 0 Å². The Morgan fingerprint density at radius 1 is 1.83 bits per heavy atom. The van der Waals surface area contributed by atoms with Crippen molar-refractivity contribution in [3.05, 3.63) is 24.4 Å². The highest BCUT2D eigenvalue weighted by Crippen LogP contribution is 1.83. The van der Waals surface area contributed by atoms with Crippen LogP contribution in [0.4, 0.5) is 0 Å². The van der Waals surface area contributed by atoms with Gasteiger partial charge in [0.05, 0.1) is 0 Å². The van der Waals surface area contributed by atoms with Crippen molar-refractivity contribution in [2.75, 3.05) is 0 Å². The second-order valence-electron chi connectivity index (χ2n) is 1.21. The zero-order valence-electron chi connectivity index (χ0n) is 3.94. The normalized spacial score (nSPS) is 9.50. The molecule has 0 saturated carbocycles. The van der Waals surface area contributed by atoms with Gasteiger partial charge < -0.3 is 5.73 Å². The van der Waals surface area contributed by atoms with Crippen LogP contribution in [-0.2, 0) is 0 Å². The van der Waals surface area contributed by atoms with E-state index in [1.165, 1.54) is 6.20 Å². The average molecular weight is 83.1 g/mol. The van der Waals surface area contributed by atoms with E-state index in [0.717, 1.165) is 5.57 Å². The monoisotopic (exact) mass is 83.1 g/mol. The second kappa shape index (κ2) is 2.51. The SMILES string of the molecule is C=C(C)/C=C\N. The summed E-state index contributed by atoms with van der Waals surface area (Å²) in [4.78, 5) is 0. The van der Waals surface area contributed by atoms with Crippen LogP contribution in [0.25, 0.3) is 0 Å². The third-order valence-electron chi connectivity index (χ3n) is 0.381. The van der Waals surface area contributed by atoms with E-state index in [4.69, 9.17) is 5.73 Å². The highest BCUT2D eigenvalue weighted by Gasteiger charge is 1.64. The minimum atomic E-state index is 0.984. The van der Waals surface area contributed by atoms with E-state index in [1.807, 2.05) is 6.92 Å². The van der Waals surface area contributed by atoms with Crippen LogP contribution < -0.4 is 5.73 Å². The fourth-order valence-electron chi connectivity index (χ4n) is 0.164. The van der Waals surface area contributed by atoms with E-state index >= 15 is 0 Å². The molecule has 0 aliphatic rings. The molecular formula is C5H9N. The van der Waals surface area contributed by atoms with Gasteiger partial charge >= 0.3 is 0 Å². The lowest BCUT2D eigenvalue weighted by Gasteiger charge is -1.76. The standard InChI is InChI=1S/C5H9N/c1-5(2)3-4-6/h3-4H,1,6H2,2H3/b4-3-. The lowest BCUT2D eigenvalue weighted by atomic mass is 10.3. The van der Waals surface area contributed by atoms with E-state index in [2.05, 4.69) is 6.58 Å². The Morgan fingerprint density at radius 3 is 2.33 bits per heavy atom. The summed E-state index contributed by atoms with van der Waals surface area (Å²) in [7, 11) is 0. The summed E-state index contributed by atoms with van der Waals surface area (Å²) in [6.07, 6.45) is 3.22. The molecule has 0 fully saturated rings. The minimum absolute atomic E-state index is 0.984. The van der Waals surface area contributed by atoms with Crippen LogP contribution in [0.2, 0.25) is 0 Å². The number of hydrogen-bond acceptors (Lipinski definition) is 1. The van der Waals surface area contributed by atoms with Crippen molar-refractivity contribution in [3.8, 4) is 0 Å². The van der Waals surface area contributed by atoms with Crippen LogP contribution >= 0.6 is 0 Å². The first-order valence-electron chi connectivity index (χ1n) is 1.81. The largest absolute Gasteiger partial charge is 0.405 e. The maximum atomic E-state index is 4.99. The molecule has 0 spiro atoms. The number of nitrogens with two attached hydrogens (primary N) is 1. The molecule has 1 nitrogen and oxygen atoms in total. The van der Waals surface area contributed by atoms with Gasteiger partial charge in [-0.25, -0.2) is 0 Å². The summed E-state index contributed by atoms with van der Waals surface area (Å²) in [6, 6.07) is 0. The van der Waals surface area contributed by atoms with Crippen LogP contribution in [0, 0.1) is 0 Å². The molecule has 0 aromatic heterocycles. The molecule has 0 amide bonds. The van der Waals surface area contributed by atoms with Gasteiger partial charge in [0.25, 0.3) is 0 Å². The average Bonchev–Trinajstić information content (AvgIpc) is 1.35. The zero-order valence-corrected chi connectivity index (χ0v) is 3.94. The van der Waals surface area contributed by atoms with Crippen LogP contribution in [0.3, 0.4) is 0 Å². The van der Waals surface area contributed by atoms with Gasteiger partial charge in [-0.05, 0) is 19.2 Å². The molecule has 2 N–H and O–H groups in total. The van der Waals surface area contributed by atoms with E-state index in [1.54, 1.807) is 6.08 Å². The first-order valence-corrected chi connectivity index (χ1v) is 1.81. The molecule has 0 aromatic rings. The van der Waals surface area contributed by atoms with Crippen LogP contribution in [0.1, 0.15) is 6.92 Å². The zero-order chi connectivity index (χ0) is 4.99. The third-order valence-corrected chi connectivity index (χ3v) is 0.381. The van der Waals surface area contributed by atoms with Crippen molar-refractivity contribution in [1.29, 1.82) is 0 Å². The number of allylic oxidation sites excluding steroid dienone is 2. The van der Waals surface area contributed by atoms with E-state index in [0.29, 0.717) is 0 Å². The summed E-state index contributed by atoms with van der Waals surface area (Å²) >= 11 is 0. The predicted molar refractivity (Wildman–Crippen MR) is 28.1 cm³/mol. The fourth-order valence-corrected chi connectivity index (χ4v) is 0.164. The summed E-state index contributed by atoms with van der Waals surface area (Å²) in [6.45, 7) is 5.47. The van der Waals surface area contributed by atoms with Gasteiger partial charge in [0.1, 0.15) is 0 Å². The van der Waals surface area contributed by atoms with Gasteiger partial charge in [0, 0.05) is 0 Å². The molecule has 0 aromatic carbocycles. The Kier molecular flexibility index (Phi) is 2.21. The fraction of sp³-hybridized carbons (Fsp3) is 0.200. The van der Waals surface area contributed by atoms with Crippen molar-refractivity contribution < 1.29 is 0 Å². The second-order valence-corrected chi connectivity index (χ2v) is 1.21. The first kappa shape index (κ1) is 5.28. The summed E-state index contributed by atoms with van der Waals surface area (Å²) in [5.74, 6) is 0. The molecule has 0 atom stereocenters. The van der Waals surface area contributed by atoms with Crippen LogP contribution in [0.5, 0.6) is 0 Å². The lowest BCUT2D eigenvalue weighted by Crippen LogP contribution is -1.74. The first-order chi connectivity index (χ1) is 2.77. The van der Waals surface area contributed by atoms with E-state index in [9.17, 15) is 0 Å². The van der Waals surface area contributed by atoms with Gasteiger partial charge in [-0.3, -0.25) is 0 Å². The summed E-state index contributed by atoms with van der Waals surface area (Å²) in [5, 5.41) is 0. The summed E-state index contributed by atoms with van der Waals surface area (Å²) < 4.78 is 0. The number of rotatable bonds is 1. The predicted octanol–water partition coefficient (Wildman–Crippen LogP) is 1.03. The Morgan fingerprint density at radius 2 is 2.33 bits per heavy atom. The van der Waals surface area contributed by atoms with Gasteiger partial charge in [0.15, 0.2) is 0 Å². The molecular weight excluding hydrogens is 74.1 g/mol. The molecule has 0 rings (SSSR count). The topological polar surface area (TPSA) is 26.0 Å². The molecule has 0 saturated heterocycles. The molecule has 34 valence electrons. The minimum Gasteiger partial charge on any atom is -0.405 e. The van der Waals surface area contributed by atoms with Crippen LogP contribution in [0.15, 0.2) is 24.4 Å². The Balaban J connectivity index is 3.30. The molecule has 0 radical (unpaired) electrons. The Bertz CT molecular complexity index is 72.0. The van der Waals surface area contributed by atoms with Gasteiger partial charge in [-0.2, -0.15) is 0 Å². The molecule has 6 heavy (non-hydrogen) atoms. The van der Waals surface area contributed by atoms with Gasteiger partial charge in [-0.1, -0.05) is 12.2 Å². The molecule has 0 bridgehead atoms. The maximum Gasteiger partial charge on any atom is -0.00599 e. The molecule has 0 unspecified atom stereocenters. The smallest absolute Gasteiger partial charge is 0.00599 e. The quantitative estimate of drug-likeness (QED) is 0.471. The van der Waals surface area contributed by atoms with Crippen molar-refractivity contribution in [3.63, 3.8) is 0 Å². The van der Waals surface area contributed by atoms with Gasteiger partial charge in [0.2, 0.25) is 0 Å². The van der Waals surface area contributed by atoms with E-state index in [-0.39, 0.29) is 0 Å². The maximum absolute atomic E-state index is 4.99. The molecule has 0 heterocycles. The summed E-state index contributed by atoms with van der Waals surface area (Å²) in [5.41, 5.74) is 5.97. The molecule has 0 aliphatic heterocycles. The molecule has 0 aliphatic carbocycles. The van der Waals surface area contributed by atoms with Crippen molar-refractivity contribution in [2.45, 2.75) is 6.92 Å². The lowest BCUT2D eigenvalue weighted by molar-refractivity contribution is 1.50. The third kappa shape index (κ3) is 3.28. The highest BCUT2D eigenvalue weighted by molar-refractivity contribution is 5.08. The Hall–Kier alpha value is -0.720. The van der Waals surface area contributed by atoms with Crippen molar-refractivity contribution in [2.24, 2.45) is 5.73 Å². The molecule has 1 heteroatoms. The van der Waals surface area contributed by atoms with Gasteiger partial charge in [-0.15, -0.1) is 0 Å².